The second-order valence-corrected chi connectivity index (χ2v) is 8.50. The van der Waals surface area contributed by atoms with Crippen LogP contribution < -0.4 is 4.65 Å². The van der Waals surface area contributed by atoms with Gasteiger partial charge in [0.25, 0.3) is 0 Å². The minimum Gasteiger partial charge on any atom is -0.537 e. The van der Waals surface area contributed by atoms with Gasteiger partial charge in [0.05, 0.1) is 0 Å². The van der Waals surface area contributed by atoms with E-state index in [0.29, 0.717) is 30.9 Å². The first-order valence-corrected chi connectivity index (χ1v) is 11.9. The fraction of sp³-hybridized carbons (Fsp3) is 0. The van der Waals surface area contributed by atoms with Crippen LogP contribution in [0.2, 0.25) is 0 Å². The van der Waals surface area contributed by atoms with E-state index in [1.807, 2.05) is 97.1 Å². The highest BCUT2D eigenvalue weighted by molar-refractivity contribution is 6.18. The van der Waals surface area contributed by atoms with Crippen LogP contribution in [0.25, 0.3) is 56.1 Å². The fourth-order valence-electron chi connectivity index (χ4n) is 4.46. The van der Waals surface area contributed by atoms with Gasteiger partial charge in [-0.1, -0.05) is 109 Å². The van der Waals surface area contributed by atoms with E-state index in [-0.39, 0.29) is 0 Å². The zero-order chi connectivity index (χ0) is 25.0. The van der Waals surface area contributed by atoms with Crippen LogP contribution in [0.3, 0.4) is 0 Å². The summed E-state index contributed by atoms with van der Waals surface area (Å²) in [5.74, 6) is 2.19. The van der Waals surface area contributed by atoms with Crippen molar-refractivity contribution in [1.82, 2.24) is 15.0 Å². The Morgan fingerprint density at radius 1 is 0.514 bits per heavy atom. The molecule has 5 nitrogen and oxygen atoms in total. The van der Waals surface area contributed by atoms with Crippen molar-refractivity contribution in [2.75, 3.05) is 0 Å². The van der Waals surface area contributed by atoms with Crippen molar-refractivity contribution in [2.45, 2.75) is 0 Å². The van der Waals surface area contributed by atoms with Crippen LogP contribution in [0.15, 0.2) is 121 Å². The van der Waals surface area contributed by atoms with E-state index in [1.54, 1.807) is 0 Å². The lowest BCUT2D eigenvalue weighted by molar-refractivity contribution is 0.457. The summed E-state index contributed by atoms with van der Waals surface area (Å²) in [7, 11) is 0.689. The smallest absolute Gasteiger partial charge is 0.537 e. The third kappa shape index (κ3) is 4.58. The van der Waals surface area contributed by atoms with Crippen LogP contribution in [-0.2, 0) is 0 Å². The third-order valence-corrected chi connectivity index (χ3v) is 6.18. The number of hydrogen-bond acceptors (Lipinski definition) is 5. The predicted molar refractivity (Wildman–Crippen MR) is 148 cm³/mol. The number of hydrogen-bond donors (Lipinski definition) is 1. The minimum atomic E-state index is 0.518. The van der Waals surface area contributed by atoms with Crippen molar-refractivity contribution in [3.63, 3.8) is 0 Å². The molecule has 1 radical (unpaired) electrons. The molecular formula is C31H21BN3O2. The largest absolute Gasteiger partial charge is 0.569 e. The maximum atomic E-state index is 9.36. The van der Waals surface area contributed by atoms with Gasteiger partial charge in [0.2, 0.25) is 0 Å². The topological polar surface area (TPSA) is 68.1 Å². The third-order valence-electron chi connectivity index (χ3n) is 6.18. The molecule has 1 N–H and O–H groups in total. The van der Waals surface area contributed by atoms with E-state index in [0.717, 1.165) is 38.6 Å². The summed E-state index contributed by atoms with van der Waals surface area (Å²) in [6, 6.07) is 39.9. The minimum absolute atomic E-state index is 0.518. The zero-order valence-corrected chi connectivity index (χ0v) is 19.8. The molecule has 0 aliphatic rings. The normalized spacial score (nSPS) is 10.8. The molecule has 6 rings (SSSR count). The van der Waals surface area contributed by atoms with E-state index in [9.17, 15) is 5.02 Å². The predicted octanol–water partition coefficient (Wildman–Crippen LogP) is 6.60. The Morgan fingerprint density at radius 3 is 1.81 bits per heavy atom. The molecule has 0 unspecified atom stereocenters. The summed E-state index contributed by atoms with van der Waals surface area (Å²) in [5.41, 5.74) is 4.78. The molecule has 0 saturated heterocycles. The van der Waals surface area contributed by atoms with Crippen molar-refractivity contribution in [3.8, 4) is 51.0 Å². The lowest BCUT2D eigenvalue weighted by Crippen LogP contribution is -2.03. The van der Waals surface area contributed by atoms with Gasteiger partial charge in [-0.05, 0) is 28.6 Å². The number of rotatable bonds is 6. The summed E-state index contributed by atoms with van der Waals surface area (Å²) in [5, 5.41) is 11.1. The van der Waals surface area contributed by atoms with Gasteiger partial charge in [0, 0.05) is 22.1 Å². The molecule has 6 aromatic rings. The zero-order valence-electron chi connectivity index (χ0n) is 19.8. The molecule has 0 bridgehead atoms. The van der Waals surface area contributed by atoms with Crippen LogP contribution >= 0.6 is 0 Å². The molecule has 1 heterocycles. The van der Waals surface area contributed by atoms with Crippen molar-refractivity contribution in [3.05, 3.63) is 121 Å². The van der Waals surface area contributed by atoms with Gasteiger partial charge in [-0.2, -0.15) is 0 Å². The molecule has 0 aliphatic heterocycles. The maximum Gasteiger partial charge on any atom is 0.569 e. The summed E-state index contributed by atoms with van der Waals surface area (Å²) < 4.78 is 5.44. The van der Waals surface area contributed by atoms with E-state index in [1.165, 1.54) is 0 Å². The summed E-state index contributed by atoms with van der Waals surface area (Å²) in [6.07, 6.45) is 0. The number of aromatic nitrogens is 3. The Morgan fingerprint density at radius 2 is 1.08 bits per heavy atom. The van der Waals surface area contributed by atoms with Crippen LogP contribution in [0.5, 0.6) is 5.75 Å². The highest BCUT2D eigenvalue weighted by Crippen LogP contribution is 2.35. The standard InChI is InChI=1S/C31H21BN3O2/c36-32-37-27-19-9-15-22-14-8-18-26(28(22)27)31-34-29(23-12-5-2-6-13-23)33-30(35-31)25-17-7-16-24(20-25)21-10-3-1-4-11-21/h1-20,36H. The summed E-state index contributed by atoms with van der Waals surface area (Å²) >= 11 is 0. The molecule has 37 heavy (non-hydrogen) atoms. The van der Waals surface area contributed by atoms with Gasteiger partial charge in [-0.3, -0.25) is 0 Å². The summed E-state index contributed by atoms with van der Waals surface area (Å²) in [6.45, 7) is 0. The van der Waals surface area contributed by atoms with E-state index >= 15 is 0 Å². The molecule has 1 aromatic heterocycles. The molecule has 0 spiro atoms. The van der Waals surface area contributed by atoms with Gasteiger partial charge < -0.3 is 9.68 Å². The average molecular weight is 478 g/mol. The monoisotopic (exact) mass is 478 g/mol. The van der Waals surface area contributed by atoms with Gasteiger partial charge in [-0.25, -0.2) is 15.0 Å². The highest BCUT2D eigenvalue weighted by Gasteiger charge is 2.16. The first-order chi connectivity index (χ1) is 18.3. The van der Waals surface area contributed by atoms with E-state index < -0.39 is 0 Å². The average Bonchev–Trinajstić information content (AvgIpc) is 2.98. The molecule has 0 amide bonds. The van der Waals surface area contributed by atoms with Crippen molar-refractivity contribution < 1.29 is 9.68 Å². The van der Waals surface area contributed by atoms with Gasteiger partial charge >= 0.3 is 7.69 Å². The molecule has 175 valence electrons. The fourth-order valence-corrected chi connectivity index (χ4v) is 4.46. The Hall–Kier alpha value is -4.81. The van der Waals surface area contributed by atoms with Crippen LogP contribution in [0.4, 0.5) is 0 Å². The molecule has 6 heteroatoms. The number of benzene rings is 5. The van der Waals surface area contributed by atoms with Gasteiger partial charge in [0.15, 0.2) is 17.5 Å². The van der Waals surface area contributed by atoms with Crippen molar-refractivity contribution in [2.24, 2.45) is 0 Å². The number of nitrogens with zero attached hydrogens (tertiary/aromatic N) is 3. The van der Waals surface area contributed by atoms with Gasteiger partial charge in [-0.15, -0.1) is 0 Å². The van der Waals surface area contributed by atoms with Crippen LogP contribution in [0, 0.1) is 0 Å². The van der Waals surface area contributed by atoms with Crippen LogP contribution in [-0.4, -0.2) is 27.7 Å². The molecule has 5 aromatic carbocycles. The maximum absolute atomic E-state index is 9.36. The molecular weight excluding hydrogens is 457 g/mol. The Labute approximate surface area is 215 Å². The molecule has 0 saturated carbocycles. The molecule has 0 aliphatic carbocycles. The highest BCUT2D eigenvalue weighted by atomic mass is 16.5. The second kappa shape index (κ2) is 10.1. The molecule has 0 fully saturated rings. The van der Waals surface area contributed by atoms with E-state index in [2.05, 4.69) is 24.3 Å². The van der Waals surface area contributed by atoms with Crippen molar-refractivity contribution >= 4 is 18.5 Å². The molecule has 0 atom stereocenters. The lowest BCUT2D eigenvalue weighted by atomic mass is 10.0. The Balaban J connectivity index is 1.58. The number of fused-ring (bicyclic) bond motifs is 1. The second-order valence-electron chi connectivity index (χ2n) is 8.50. The van der Waals surface area contributed by atoms with E-state index in [4.69, 9.17) is 19.6 Å². The van der Waals surface area contributed by atoms with Crippen LogP contribution in [0.1, 0.15) is 0 Å². The summed E-state index contributed by atoms with van der Waals surface area (Å²) in [4.78, 5) is 14.7. The Bertz CT molecular complexity index is 1690. The Kier molecular flexibility index (Phi) is 6.15. The van der Waals surface area contributed by atoms with Crippen molar-refractivity contribution in [1.29, 1.82) is 0 Å². The first kappa shape index (κ1) is 22.6. The first-order valence-electron chi connectivity index (χ1n) is 11.9. The SMILES string of the molecule is O[B]Oc1cccc2cccc(-c3nc(-c4ccccc4)nc(-c4cccc(-c5ccccc5)c4)n3)c12. The van der Waals surface area contributed by atoms with Gasteiger partial charge in [0.1, 0.15) is 5.75 Å². The quantitative estimate of drug-likeness (QED) is 0.273. The lowest BCUT2D eigenvalue weighted by Gasteiger charge is -2.13.